The normalized spacial score (nSPS) is 10.7. The maximum absolute atomic E-state index is 11.8. The number of aromatic nitrogens is 1. The zero-order valence-corrected chi connectivity index (χ0v) is 10.6. The van der Waals surface area contributed by atoms with E-state index in [4.69, 9.17) is 4.74 Å². The van der Waals surface area contributed by atoms with Crippen molar-refractivity contribution >= 4 is 16.7 Å². The molecule has 2 aromatic rings. The second-order valence-corrected chi connectivity index (χ2v) is 4.15. The van der Waals surface area contributed by atoms with Crippen LogP contribution in [0.4, 0.5) is 0 Å². The molecule has 94 valence electrons. The van der Waals surface area contributed by atoms with Gasteiger partial charge in [-0.05, 0) is 24.6 Å². The summed E-state index contributed by atoms with van der Waals surface area (Å²) in [5.41, 5.74) is 1.98. The number of nitrogens with zero attached hydrogens (tertiary/aromatic N) is 1. The Morgan fingerprint density at radius 2 is 2.11 bits per heavy atom. The fraction of sp³-hybridized carbons (Fsp3) is 0.333. The highest BCUT2D eigenvalue weighted by atomic mass is 16.5. The summed E-state index contributed by atoms with van der Waals surface area (Å²) in [5.74, 6) is 0.208. The quantitative estimate of drug-likeness (QED) is 0.732. The molecule has 3 heteroatoms. The number of pyridine rings is 1. The van der Waals surface area contributed by atoms with Crippen LogP contribution in [0.2, 0.25) is 0 Å². The fourth-order valence-corrected chi connectivity index (χ4v) is 1.94. The zero-order valence-electron chi connectivity index (χ0n) is 10.6. The summed E-state index contributed by atoms with van der Waals surface area (Å²) < 4.78 is 5.20. The minimum absolute atomic E-state index is 0.208. The van der Waals surface area contributed by atoms with Gasteiger partial charge in [0.1, 0.15) is 5.78 Å². The predicted molar refractivity (Wildman–Crippen MR) is 71.6 cm³/mol. The van der Waals surface area contributed by atoms with Gasteiger partial charge in [-0.3, -0.25) is 9.78 Å². The topological polar surface area (TPSA) is 39.2 Å². The van der Waals surface area contributed by atoms with Crippen molar-refractivity contribution in [2.45, 2.75) is 19.8 Å². The van der Waals surface area contributed by atoms with Crippen molar-refractivity contribution in [1.29, 1.82) is 0 Å². The molecule has 0 saturated heterocycles. The summed E-state index contributed by atoms with van der Waals surface area (Å²) in [6.07, 6.45) is 2.69. The molecule has 0 spiro atoms. The lowest BCUT2D eigenvalue weighted by Crippen LogP contribution is -2.07. The standard InChI is InChI=1S/C15H17NO2/c1-2-18-10-8-13(17)11-12-7-9-16-15-6-4-3-5-14(12)15/h3-7,9H,2,8,10-11H2,1H3. The van der Waals surface area contributed by atoms with E-state index >= 15 is 0 Å². The lowest BCUT2D eigenvalue weighted by molar-refractivity contribution is -0.119. The van der Waals surface area contributed by atoms with Crippen molar-refractivity contribution in [3.8, 4) is 0 Å². The highest BCUT2D eigenvalue weighted by Crippen LogP contribution is 2.17. The van der Waals surface area contributed by atoms with Gasteiger partial charge < -0.3 is 4.74 Å². The molecule has 2 rings (SSSR count). The van der Waals surface area contributed by atoms with E-state index in [0.717, 1.165) is 16.5 Å². The average Bonchev–Trinajstić information content (AvgIpc) is 2.39. The lowest BCUT2D eigenvalue weighted by atomic mass is 10.0. The number of carbonyl (C=O) groups is 1. The molecule has 0 amide bonds. The molecule has 0 aliphatic heterocycles. The molecule has 0 atom stereocenters. The molecule has 3 nitrogen and oxygen atoms in total. The number of hydrogen-bond acceptors (Lipinski definition) is 3. The van der Waals surface area contributed by atoms with Gasteiger partial charge in [-0.2, -0.15) is 0 Å². The molecule has 0 bridgehead atoms. The molecule has 0 radical (unpaired) electrons. The van der Waals surface area contributed by atoms with Gasteiger partial charge in [0.2, 0.25) is 0 Å². The molecule has 18 heavy (non-hydrogen) atoms. The number of hydrogen-bond donors (Lipinski definition) is 0. The highest BCUT2D eigenvalue weighted by molar-refractivity contribution is 5.88. The van der Waals surface area contributed by atoms with Crippen molar-refractivity contribution in [2.24, 2.45) is 0 Å². The van der Waals surface area contributed by atoms with E-state index in [9.17, 15) is 4.79 Å². The minimum Gasteiger partial charge on any atom is -0.381 e. The van der Waals surface area contributed by atoms with Crippen LogP contribution < -0.4 is 0 Å². The number of para-hydroxylation sites is 1. The Bertz CT molecular complexity index is 532. The molecule has 0 unspecified atom stereocenters. The zero-order chi connectivity index (χ0) is 12.8. The largest absolute Gasteiger partial charge is 0.381 e. The van der Waals surface area contributed by atoms with Crippen molar-refractivity contribution in [3.63, 3.8) is 0 Å². The summed E-state index contributed by atoms with van der Waals surface area (Å²) >= 11 is 0. The number of Topliss-reactive ketones (excluding diaryl/α,β-unsaturated/α-hetero) is 1. The molecule has 1 aromatic carbocycles. The minimum atomic E-state index is 0.208. The fourth-order valence-electron chi connectivity index (χ4n) is 1.94. The number of benzene rings is 1. The SMILES string of the molecule is CCOCCC(=O)Cc1ccnc2ccccc12. The van der Waals surface area contributed by atoms with E-state index in [1.165, 1.54) is 0 Å². The smallest absolute Gasteiger partial charge is 0.139 e. The molecule has 0 N–H and O–H groups in total. The second kappa shape index (κ2) is 6.26. The lowest BCUT2D eigenvalue weighted by Gasteiger charge is -2.05. The van der Waals surface area contributed by atoms with Gasteiger partial charge in [0, 0.05) is 31.0 Å². The summed E-state index contributed by atoms with van der Waals surface area (Å²) in [5, 5.41) is 1.06. The van der Waals surface area contributed by atoms with E-state index in [-0.39, 0.29) is 5.78 Å². The van der Waals surface area contributed by atoms with Crippen molar-refractivity contribution in [3.05, 3.63) is 42.1 Å². The van der Waals surface area contributed by atoms with Crippen molar-refractivity contribution < 1.29 is 9.53 Å². The average molecular weight is 243 g/mol. The third-order valence-corrected chi connectivity index (χ3v) is 2.86. The maximum atomic E-state index is 11.8. The Morgan fingerprint density at radius 1 is 1.28 bits per heavy atom. The first kappa shape index (κ1) is 12.7. The first-order valence-corrected chi connectivity index (χ1v) is 6.23. The van der Waals surface area contributed by atoms with Crippen molar-refractivity contribution in [1.82, 2.24) is 4.98 Å². The monoisotopic (exact) mass is 243 g/mol. The van der Waals surface area contributed by atoms with E-state index in [2.05, 4.69) is 4.98 Å². The van der Waals surface area contributed by atoms with Gasteiger partial charge in [-0.1, -0.05) is 18.2 Å². The van der Waals surface area contributed by atoms with Crippen LogP contribution >= 0.6 is 0 Å². The Kier molecular flexibility index (Phi) is 4.42. The summed E-state index contributed by atoms with van der Waals surface area (Å²) in [7, 11) is 0. The van der Waals surface area contributed by atoms with Gasteiger partial charge >= 0.3 is 0 Å². The molecular formula is C15H17NO2. The van der Waals surface area contributed by atoms with Crippen LogP contribution in [0.5, 0.6) is 0 Å². The van der Waals surface area contributed by atoms with Crippen molar-refractivity contribution in [2.75, 3.05) is 13.2 Å². The first-order valence-electron chi connectivity index (χ1n) is 6.23. The molecule has 0 aliphatic carbocycles. The van der Waals surface area contributed by atoms with Gasteiger partial charge in [-0.25, -0.2) is 0 Å². The number of ether oxygens (including phenoxy) is 1. The second-order valence-electron chi connectivity index (χ2n) is 4.15. The van der Waals surface area contributed by atoms with Crippen LogP contribution in [0.3, 0.4) is 0 Å². The summed E-state index contributed by atoms with van der Waals surface area (Å²) in [6.45, 7) is 3.10. The Balaban J connectivity index is 2.09. The van der Waals surface area contributed by atoms with Gasteiger partial charge in [0.05, 0.1) is 12.1 Å². The summed E-state index contributed by atoms with van der Waals surface area (Å²) in [6, 6.07) is 9.81. The third-order valence-electron chi connectivity index (χ3n) is 2.86. The van der Waals surface area contributed by atoms with Crippen LogP contribution in [-0.2, 0) is 16.0 Å². The summed E-state index contributed by atoms with van der Waals surface area (Å²) in [4.78, 5) is 16.1. The molecule has 1 heterocycles. The van der Waals surface area contributed by atoms with E-state index < -0.39 is 0 Å². The maximum Gasteiger partial charge on any atom is 0.139 e. The third kappa shape index (κ3) is 3.14. The molecule has 1 aromatic heterocycles. The molecule has 0 aliphatic rings. The van der Waals surface area contributed by atoms with Gasteiger partial charge in [-0.15, -0.1) is 0 Å². The van der Waals surface area contributed by atoms with Gasteiger partial charge in [0.25, 0.3) is 0 Å². The van der Waals surface area contributed by atoms with E-state index in [1.807, 2.05) is 37.3 Å². The number of ketones is 1. The first-order chi connectivity index (χ1) is 8.81. The van der Waals surface area contributed by atoms with E-state index in [1.54, 1.807) is 6.20 Å². The molecule has 0 fully saturated rings. The highest BCUT2D eigenvalue weighted by Gasteiger charge is 2.07. The molecular weight excluding hydrogens is 226 g/mol. The molecule has 0 saturated carbocycles. The van der Waals surface area contributed by atoms with Gasteiger partial charge in [0.15, 0.2) is 0 Å². The Morgan fingerprint density at radius 3 is 2.94 bits per heavy atom. The van der Waals surface area contributed by atoms with Crippen LogP contribution in [0, 0.1) is 0 Å². The van der Waals surface area contributed by atoms with E-state index in [0.29, 0.717) is 26.1 Å². The number of carbonyl (C=O) groups excluding carboxylic acids is 1. The Labute approximate surface area is 107 Å². The van der Waals surface area contributed by atoms with Crippen LogP contribution in [-0.4, -0.2) is 24.0 Å². The van der Waals surface area contributed by atoms with Crippen LogP contribution in [0.15, 0.2) is 36.5 Å². The Hall–Kier alpha value is -1.74. The number of rotatable bonds is 6. The van der Waals surface area contributed by atoms with Crippen LogP contribution in [0.25, 0.3) is 10.9 Å². The predicted octanol–water partition coefficient (Wildman–Crippen LogP) is 2.77. The van der Waals surface area contributed by atoms with Crippen LogP contribution in [0.1, 0.15) is 18.9 Å². The number of fused-ring (bicyclic) bond motifs is 1.